The third-order valence-electron chi connectivity index (χ3n) is 4.45. The number of nitrogens with zero attached hydrogens (tertiary/aromatic N) is 1. The van der Waals surface area contributed by atoms with E-state index in [1.165, 1.54) is 5.56 Å². The van der Waals surface area contributed by atoms with E-state index in [0.717, 1.165) is 25.9 Å². The Bertz CT molecular complexity index is 422. The predicted octanol–water partition coefficient (Wildman–Crippen LogP) is 2.62. The summed E-state index contributed by atoms with van der Waals surface area (Å²) in [5.74, 6) is 1.13. The Morgan fingerprint density at radius 2 is 1.85 bits per heavy atom. The number of likely N-dealkylation sites (tertiary alicyclic amines) is 1. The molecule has 0 bridgehead atoms. The quantitative estimate of drug-likeness (QED) is 0.917. The van der Waals surface area contributed by atoms with Crippen LogP contribution < -0.4 is 5.73 Å². The Hall–Kier alpha value is -1.35. The molecule has 1 aromatic carbocycles. The van der Waals surface area contributed by atoms with Crippen LogP contribution in [0.5, 0.6) is 0 Å². The second kappa shape index (κ2) is 6.89. The van der Waals surface area contributed by atoms with Gasteiger partial charge in [0.15, 0.2) is 0 Å². The van der Waals surface area contributed by atoms with Crippen molar-refractivity contribution < 1.29 is 4.79 Å². The average molecular weight is 274 g/mol. The molecule has 2 rings (SSSR count). The first-order valence-corrected chi connectivity index (χ1v) is 7.67. The highest BCUT2D eigenvalue weighted by atomic mass is 16.2. The number of piperidine rings is 1. The number of nitrogens with two attached hydrogens (primary N) is 1. The third kappa shape index (κ3) is 3.40. The molecular formula is C17H26N2O. The van der Waals surface area contributed by atoms with Crippen LogP contribution in [-0.2, 0) is 4.79 Å². The summed E-state index contributed by atoms with van der Waals surface area (Å²) in [4.78, 5) is 14.5. The maximum absolute atomic E-state index is 12.5. The molecule has 1 amide bonds. The van der Waals surface area contributed by atoms with E-state index in [-0.39, 0.29) is 11.8 Å². The van der Waals surface area contributed by atoms with E-state index in [4.69, 9.17) is 5.73 Å². The van der Waals surface area contributed by atoms with Crippen molar-refractivity contribution in [3.63, 3.8) is 0 Å². The van der Waals surface area contributed by atoms with Crippen LogP contribution in [0.25, 0.3) is 0 Å². The van der Waals surface area contributed by atoms with E-state index in [1.54, 1.807) is 0 Å². The van der Waals surface area contributed by atoms with Crippen molar-refractivity contribution in [2.75, 3.05) is 19.6 Å². The molecule has 1 unspecified atom stereocenters. The lowest BCUT2D eigenvalue weighted by atomic mass is 9.88. The van der Waals surface area contributed by atoms with Gasteiger partial charge in [-0.2, -0.15) is 0 Å². The lowest BCUT2D eigenvalue weighted by Crippen LogP contribution is -2.44. The second-order valence-electron chi connectivity index (χ2n) is 6.10. The minimum atomic E-state index is -0.0247. The van der Waals surface area contributed by atoms with Crippen LogP contribution in [0.2, 0.25) is 0 Å². The Kier molecular flexibility index (Phi) is 5.18. The number of rotatable bonds is 4. The van der Waals surface area contributed by atoms with Gasteiger partial charge in [-0.05, 0) is 30.2 Å². The van der Waals surface area contributed by atoms with Crippen molar-refractivity contribution in [2.24, 2.45) is 17.6 Å². The number of carbonyl (C=O) groups excluding carboxylic acids is 1. The first kappa shape index (κ1) is 15.0. The van der Waals surface area contributed by atoms with E-state index in [1.807, 2.05) is 4.90 Å². The summed E-state index contributed by atoms with van der Waals surface area (Å²) >= 11 is 0. The van der Waals surface area contributed by atoms with Gasteiger partial charge in [0.05, 0.1) is 5.92 Å². The molecule has 0 spiro atoms. The molecule has 1 aliphatic heterocycles. The highest BCUT2D eigenvalue weighted by molar-refractivity contribution is 5.79. The highest BCUT2D eigenvalue weighted by Crippen LogP contribution is 2.28. The zero-order valence-electron chi connectivity index (χ0n) is 12.6. The van der Waals surface area contributed by atoms with Crippen LogP contribution in [0, 0.1) is 11.8 Å². The fraction of sp³-hybridized carbons (Fsp3) is 0.588. The third-order valence-corrected chi connectivity index (χ3v) is 4.45. The summed E-state index contributed by atoms with van der Waals surface area (Å²) in [7, 11) is 0. The van der Waals surface area contributed by atoms with E-state index in [2.05, 4.69) is 44.2 Å². The first-order valence-electron chi connectivity index (χ1n) is 7.67. The number of benzene rings is 1. The molecule has 110 valence electrons. The fourth-order valence-electron chi connectivity index (χ4n) is 3.05. The number of amides is 1. The van der Waals surface area contributed by atoms with E-state index in [0.29, 0.717) is 18.4 Å². The van der Waals surface area contributed by atoms with Gasteiger partial charge in [-0.3, -0.25) is 4.79 Å². The van der Waals surface area contributed by atoms with Crippen LogP contribution in [0.15, 0.2) is 30.3 Å². The SMILES string of the molecule is CC(C)C(CN)C(=O)N1CCC(c2ccccc2)CC1. The van der Waals surface area contributed by atoms with Crippen LogP contribution in [0.4, 0.5) is 0 Å². The molecule has 3 heteroatoms. The van der Waals surface area contributed by atoms with Gasteiger partial charge in [-0.15, -0.1) is 0 Å². The van der Waals surface area contributed by atoms with Crippen LogP contribution in [-0.4, -0.2) is 30.4 Å². The van der Waals surface area contributed by atoms with Gasteiger partial charge in [0.1, 0.15) is 0 Å². The standard InChI is InChI=1S/C17H26N2O/c1-13(2)16(12-18)17(20)19-10-8-15(9-11-19)14-6-4-3-5-7-14/h3-7,13,15-16H,8-12,18H2,1-2H3. The zero-order valence-corrected chi connectivity index (χ0v) is 12.6. The van der Waals surface area contributed by atoms with E-state index >= 15 is 0 Å². The van der Waals surface area contributed by atoms with Crippen molar-refractivity contribution >= 4 is 5.91 Å². The van der Waals surface area contributed by atoms with Gasteiger partial charge in [-0.1, -0.05) is 44.2 Å². The first-order chi connectivity index (χ1) is 9.63. The van der Waals surface area contributed by atoms with Gasteiger partial charge in [-0.25, -0.2) is 0 Å². The van der Waals surface area contributed by atoms with Gasteiger partial charge < -0.3 is 10.6 Å². The fourth-order valence-corrected chi connectivity index (χ4v) is 3.05. The van der Waals surface area contributed by atoms with E-state index < -0.39 is 0 Å². The number of carbonyl (C=O) groups is 1. The molecule has 2 N–H and O–H groups in total. The average Bonchev–Trinajstić information content (AvgIpc) is 2.48. The number of hydrogen-bond acceptors (Lipinski definition) is 2. The summed E-state index contributed by atoms with van der Waals surface area (Å²) in [5, 5.41) is 0. The monoisotopic (exact) mass is 274 g/mol. The largest absolute Gasteiger partial charge is 0.342 e. The molecule has 20 heavy (non-hydrogen) atoms. The normalized spacial score (nSPS) is 18.3. The van der Waals surface area contributed by atoms with Gasteiger partial charge in [0.2, 0.25) is 5.91 Å². The molecule has 3 nitrogen and oxygen atoms in total. The Balaban J connectivity index is 1.93. The molecule has 1 saturated heterocycles. The summed E-state index contributed by atoms with van der Waals surface area (Å²) in [6.07, 6.45) is 2.12. The Morgan fingerprint density at radius 1 is 1.25 bits per heavy atom. The maximum Gasteiger partial charge on any atom is 0.227 e. The Labute approximate surface area is 122 Å². The topological polar surface area (TPSA) is 46.3 Å². The highest BCUT2D eigenvalue weighted by Gasteiger charge is 2.29. The molecule has 0 aromatic heterocycles. The molecule has 1 aromatic rings. The molecule has 0 radical (unpaired) electrons. The van der Waals surface area contributed by atoms with Crippen LogP contribution in [0.1, 0.15) is 38.2 Å². The maximum atomic E-state index is 12.5. The Morgan fingerprint density at radius 3 is 2.35 bits per heavy atom. The zero-order chi connectivity index (χ0) is 14.5. The summed E-state index contributed by atoms with van der Waals surface area (Å²) in [6, 6.07) is 10.6. The number of hydrogen-bond donors (Lipinski definition) is 1. The molecule has 1 atom stereocenters. The smallest absolute Gasteiger partial charge is 0.227 e. The summed E-state index contributed by atoms with van der Waals surface area (Å²) in [6.45, 7) is 6.33. The van der Waals surface area contributed by atoms with Crippen molar-refractivity contribution in [3.05, 3.63) is 35.9 Å². The molecule has 1 aliphatic rings. The molecule has 0 saturated carbocycles. The summed E-state index contributed by atoms with van der Waals surface area (Å²) < 4.78 is 0. The molecule has 1 heterocycles. The second-order valence-corrected chi connectivity index (χ2v) is 6.10. The van der Waals surface area contributed by atoms with Gasteiger partial charge in [0.25, 0.3) is 0 Å². The van der Waals surface area contributed by atoms with Gasteiger partial charge in [0, 0.05) is 19.6 Å². The van der Waals surface area contributed by atoms with Crippen molar-refractivity contribution in [2.45, 2.75) is 32.6 Å². The van der Waals surface area contributed by atoms with E-state index in [9.17, 15) is 4.79 Å². The van der Waals surface area contributed by atoms with Gasteiger partial charge >= 0.3 is 0 Å². The lowest BCUT2D eigenvalue weighted by molar-refractivity contribution is -0.137. The predicted molar refractivity (Wildman–Crippen MR) is 82.4 cm³/mol. The molecule has 0 aliphatic carbocycles. The van der Waals surface area contributed by atoms with Crippen LogP contribution in [0.3, 0.4) is 0 Å². The molecule has 1 fully saturated rings. The molecular weight excluding hydrogens is 248 g/mol. The van der Waals surface area contributed by atoms with Crippen molar-refractivity contribution in [1.29, 1.82) is 0 Å². The van der Waals surface area contributed by atoms with Crippen LogP contribution >= 0.6 is 0 Å². The summed E-state index contributed by atoms with van der Waals surface area (Å²) in [5.41, 5.74) is 7.15. The minimum absolute atomic E-state index is 0.0247. The van der Waals surface area contributed by atoms with Crippen molar-refractivity contribution in [1.82, 2.24) is 4.90 Å². The lowest BCUT2D eigenvalue weighted by Gasteiger charge is -2.35. The van der Waals surface area contributed by atoms with Crippen molar-refractivity contribution in [3.8, 4) is 0 Å². The minimum Gasteiger partial charge on any atom is -0.342 e.